The average Bonchev–Trinajstić information content (AvgIpc) is 3.81. The highest BCUT2D eigenvalue weighted by molar-refractivity contribution is 14.1. The van der Waals surface area contributed by atoms with Gasteiger partial charge in [0.2, 0.25) is 17.7 Å². The molecule has 6 N–H and O–H groups in total. The molecule has 3 atom stereocenters. The van der Waals surface area contributed by atoms with E-state index in [9.17, 15) is 37.5 Å². The molecule has 0 saturated carbocycles. The summed E-state index contributed by atoms with van der Waals surface area (Å²) < 4.78 is 43.7. The van der Waals surface area contributed by atoms with E-state index in [2.05, 4.69) is 31.7 Å². The number of aromatic nitrogens is 1. The molecule has 1 fully saturated rings. The number of anilines is 2. The van der Waals surface area contributed by atoms with Gasteiger partial charge in [0.1, 0.15) is 17.9 Å². The fourth-order valence-electron chi connectivity index (χ4n) is 6.37. The van der Waals surface area contributed by atoms with Gasteiger partial charge in [-0.15, -0.1) is 11.3 Å². The van der Waals surface area contributed by atoms with Crippen LogP contribution < -0.4 is 26.7 Å². The van der Waals surface area contributed by atoms with E-state index in [-0.39, 0.29) is 50.3 Å². The van der Waals surface area contributed by atoms with Gasteiger partial charge in [-0.1, -0.05) is 45.0 Å². The maximum absolute atomic E-state index is 14.7. The van der Waals surface area contributed by atoms with Gasteiger partial charge < -0.3 is 31.3 Å². The fraction of sp³-hybridized carbons (Fsp3) is 0.390. The zero-order chi connectivity index (χ0) is 42.9. The summed E-state index contributed by atoms with van der Waals surface area (Å²) in [5.41, 5.74) is 5.08. The van der Waals surface area contributed by atoms with Crippen LogP contribution in [0, 0.1) is 33.4 Å². The Labute approximate surface area is 358 Å². The number of aliphatic hydroxyl groups is 1. The van der Waals surface area contributed by atoms with E-state index in [0.717, 1.165) is 33.8 Å². The number of nitrogens with zero attached hydrogens (tertiary/aromatic N) is 2. The van der Waals surface area contributed by atoms with Gasteiger partial charge in [0.25, 0.3) is 5.91 Å². The molecule has 4 amide bonds. The van der Waals surface area contributed by atoms with Gasteiger partial charge in [-0.3, -0.25) is 24.0 Å². The summed E-state index contributed by atoms with van der Waals surface area (Å²) in [6.45, 7) is 8.21. The van der Waals surface area contributed by atoms with Crippen molar-refractivity contribution in [1.29, 1.82) is 0 Å². The number of amides is 4. The molecule has 4 aromatic rings. The minimum absolute atomic E-state index is 0.0262. The minimum Gasteiger partial charge on any atom is -0.391 e. The third kappa shape index (κ3) is 12.2. The molecule has 3 aromatic carbocycles. The SMILES string of the molecule is Cc1ncsc1-c1ccc(CNC(=O)[C@@H]2C[C@@H](O)CN2C(=O)[C@@H](NC(=O)CCNCCCONC(=O)c2ccc(F)c(F)c2Nc2ccc(I)cc2F)C(C)(C)C)cc1. The fourth-order valence-corrected chi connectivity index (χ4v) is 7.63. The Morgan fingerprint density at radius 1 is 1.03 bits per heavy atom. The van der Waals surface area contributed by atoms with E-state index in [0.29, 0.717) is 16.5 Å². The lowest BCUT2D eigenvalue weighted by atomic mass is 9.85. The Morgan fingerprint density at radius 3 is 2.46 bits per heavy atom. The van der Waals surface area contributed by atoms with Crippen LogP contribution in [0.1, 0.15) is 61.6 Å². The molecule has 316 valence electrons. The van der Waals surface area contributed by atoms with Crippen LogP contribution in [0.3, 0.4) is 0 Å². The summed E-state index contributed by atoms with van der Waals surface area (Å²) in [4.78, 5) is 65.0. The number of carbonyl (C=O) groups is 4. The summed E-state index contributed by atoms with van der Waals surface area (Å²) in [5, 5.41) is 21.8. The van der Waals surface area contributed by atoms with Crippen molar-refractivity contribution in [1.82, 2.24) is 31.3 Å². The summed E-state index contributed by atoms with van der Waals surface area (Å²) in [5.74, 6) is -5.45. The number of hydrogen-bond donors (Lipinski definition) is 6. The standard InChI is InChI=1S/C41H47F3IN7O6S/c1-23-36(59-22-48-23)25-8-6-24(7-9-25)20-47-39(56)32-19-27(53)21-52(32)40(57)37(41(2,3)4)50-33(54)14-16-46-15-5-17-58-51-38(55)28-11-12-29(42)34(44)35(28)49-31-13-10-26(45)18-30(31)43/h6-13,18,22,27,32,37,46,49,53H,5,14-17,19-21H2,1-4H3,(H,47,56)(H,50,54)(H,51,55)/t27-,32+,37-/m1/s1. The predicted molar refractivity (Wildman–Crippen MR) is 226 cm³/mol. The van der Waals surface area contributed by atoms with Crippen molar-refractivity contribution in [3.8, 4) is 10.4 Å². The Balaban J connectivity index is 1.04. The second-order valence-corrected chi connectivity index (χ2v) is 17.2. The van der Waals surface area contributed by atoms with Gasteiger partial charge >= 0.3 is 0 Å². The number of rotatable bonds is 17. The Kier molecular flexibility index (Phi) is 15.8. The van der Waals surface area contributed by atoms with Crippen LogP contribution in [-0.2, 0) is 25.8 Å². The zero-order valence-corrected chi connectivity index (χ0v) is 35.9. The molecule has 59 heavy (non-hydrogen) atoms. The molecular weight excluding hydrogens is 902 g/mol. The first-order chi connectivity index (χ1) is 28.0. The lowest BCUT2D eigenvalue weighted by molar-refractivity contribution is -0.144. The third-order valence-electron chi connectivity index (χ3n) is 9.54. The second kappa shape index (κ2) is 20.6. The highest BCUT2D eigenvalue weighted by Gasteiger charge is 2.44. The van der Waals surface area contributed by atoms with Crippen molar-refractivity contribution >= 4 is 68.9 Å². The Bertz CT molecular complexity index is 2130. The number of nitrogens with one attached hydrogen (secondary N) is 5. The summed E-state index contributed by atoms with van der Waals surface area (Å²) in [6, 6.07) is 11.8. The van der Waals surface area contributed by atoms with Crippen molar-refractivity contribution in [2.24, 2.45) is 5.41 Å². The molecule has 0 unspecified atom stereocenters. The second-order valence-electron chi connectivity index (χ2n) is 15.1. The first kappa shape index (κ1) is 45.5. The topological polar surface area (TPSA) is 174 Å². The number of thiazole rings is 1. The molecule has 0 radical (unpaired) electrons. The molecule has 5 rings (SSSR count). The van der Waals surface area contributed by atoms with Crippen LogP contribution in [0.4, 0.5) is 24.5 Å². The molecule has 18 heteroatoms. The molecule has 2 heterocycles. The number of aryl methyl sites for hydroxylation is 1. The summed E-state index contributed by atoms with van der Waals surface area (Å²) in [6.07, 6.45) is -0.412. The van der Waals surface area contributed by atoms with E-state index in [1.165, 1.54) is 17.0 Å². The highest BCUT2D eigenvalue weighted by Crippen LogP contribution is 2.30. The Hall–Kier alpha value is -4.63. The number of aliphatic hydroxyl groups excluding tert-OH is 1. The van der Waals surface area contributed by atoms with Gasteiger partial charge in [0.05, 0.1) is 45.7 Å². The average molecular weight is 950 g/mol. The van der Waals surface area contributed by atoms with Gasteiger partial charge in [-0.05, 0) is 89.4 Å². The molecule has 0 aliphatic carbocycles. The molecular formula is C41H47F3IN7O6S. The van der Waals surface area contributed by atoms with Crippen LogP contribution in [0.5, 0.6) is 0 Å². The van der Waals surface area contributed by atoms with Gasteiger partial charge in [-0.25, -0.2) is 23.6 Å². The first-order valence-corrected chi connectivity index (χ1v) is 20.9. The van der Waals surface area contributed by atoms with Crippen LogP contribution in [-0.4, -0.2) is 83.0 Å². The zero-order valence-electron chi connectivity index (χ0n) is 33.0. The van der Waals surface area contributed by atoms with E-state index in [1.54, 1.807) is 43.7 Å². The molecule has 13 nitrogen and oxygen atoms in total. The van der Waals surface area contributed by atoms with Crippen LogP contribution in [0.25, 0.3) is 10.4 Å². The lowest BCUT2D eigenvalue weighted by Crippen LogP contribution is -2.57. The predicted octanol–water partition coefficient (Wildman–Crippen LogP) is 5.72. The number of likely N-dealkylation sites (tertiary alicyclic amines) is 1. The molecule has 1 aromatic heterocycles. The molecule has 1 aliphatic rings. The number of benzene rings is 3. The largest absolute Gasteiger partial charge is 0.391 e. The number of hydroxylamine groups is 1. The number of halogens is 4. The van der Waals surface area contributed by atoms with Crippen molar-refractivity contribution in [3.05, 3.63) is 98.0 Å². The van der Waals surface area contributed by atoms with E-state index >= 15 is 0 Å². The Morgan fingerprint density at radius 2 is 1.78 bits per heavy atom. The monoisotopic (exact) mass is 949 g/mol. The minimum atomic E-state index is -1.36. The van der Waals surface area contributed by atoms with E-state index in [4.69, 9.17) is 4.84 Å². The summed E-state index contributed by atoms with van der Waals surface area (Å²) >= 11 is 3.46. The molecule has 1 aliphatic heterocycles. The summed E-state index contributed by atoms with van der Waals surface area (Å²) in [7, 11) is 0. The van der Waals surface area contributed by atoms with E-state index in [1.807, 2.05) is 53.8 Å². The number of carbonyl (C=O) groups excluding carboxylic acids is 4. The number of β-amino-alcohol motifs (C(OH)–C–C–N with tert-alkyl or cyclic N) is 1. The molecule has 1 saturated heterocycles. The van der Waals surface area contributed by atoms with Crippen molar-refractivity contribution < 1.29 is 42.3 Å². The number of hydrogen-bond acceptors (Lipinski definition) is 10. The third-order valence-corrected chi connectivity index (χ3v) is 11.2. The van der Waals surface area contributed by atoms with E-state index < -0.39 is 70.4 Å². The van der Waals surface area contributed by atoms with Crippen molar-refractivity contribution in [3.63, 3.8) is 0 Å². The van der Waals surface area contributed by atoms with Gasteiger partial charge in [0, 0.05) is 36.0 Å². The normalized spacial score (nSPS) is 15.8. The van der Waals surface area contributed by atoms with Crippen LogP contribution >= 0.6 is 33.9 Å². The van der Waals surface area contributed by atoms with Crippen LogP contribution in [0.2, 0.25) is 0 Å². The lowest BCUT2D eigenvalue weighted by Gasteiger charge is -2.35. The first-order valence-electron chi connectivity index (χ1n) is 18.9. The highest BCUT2D eigenvalue weighted by atomic mass is 127. The smallest absolute Gasteiger partial charge is 0.277 e. The molecule has 0 spiro atoms. The maximum atomic E-state index is 14.7. The maximum Gasteiger partial charge on any atom is 0.277 e. The van der Waals surface area contributed by atoms with Crippen LogP contribution in [0.15, 0.2) is 60.1 Å². The molecule has 0 bridgehead atoms. The van der Waals surface area contributed by atoms with Crippen molar-refractivity contribution in [2.45, 2.75) is 71.7 Å². The van der Waals surface area contributed by atoms with Gasteiger partial charge in [-0.2, -0.15) is 0 Å². The van der Waals surface area contributed by atoms with Crippen molar-refractivity contribution in [2.75, 3.05) is 31.6 Å². The quantitative estimate of drug-likeness (QED) is 0.0440. The van der Waals surface area contributed by atoms with Gasteiger partial charge in [0.15, 0.2) is 11.6 Å².